The summed E-state index contributed by atoms with van der Waals surface area (Å²) in [5.74, 6) is -0.844. The SMILES string of the molecule is O=C(O)C[C@H](Cc1ccc(Cl)c(Cl)c1)Nc1ccccc1. The van der Waals surface area contributed by atoms with Crippen LogP contribution < -0.4 is 5.32 Å². The van der Waals surface area contributed by atoms with Gasteiger partial charge in [0.2, 0.25) is 0 Å². The Balaban J connectivity index is 2.12. The number of hydrogen-bond donors (Lipinski definition) is 2. The topological polar surface area (TPSA) is 49.3 Å². The molecular formula is C16H15Cl2NO2. The molecule has 0 fully saturated rings. The van der Waals surface area contributed by atoms with Crippen LogP contribution in [0, 0.1) is 0 Å². The van der Waals surface area contributed by atoms with Crippen molar-refractivity contribution in [2.75, 3.05) is 5.32 Å². The van der Waals surface area contributed by atoms with E-state index >= 15 is 0 Å². The lowest BCUT2D eigenvalue weighted by Gasteiger charge is -2.18. The zero-order valence-corrected chi connectivity index (χ0v) is 12.7. The molecule has 21 heavy (non-hydrogen) atoms. The minimum Gasteiger partial charge on any atom is -0.481 e. The van der Waals surface area contributed by atoms with Crippen LogP contribution >= 0.6 is 23.2 Å². The third-order valence-corrected chi connectivity index (χ3v) is 3.77. The van der Waals surface area contributed by atoms with E-state index < -0.39 is 5.97 Å². The van der Waals surface area contributed by atoms with Gasteiger partial charge in [-0.3, -0.25) is 4.79 Å². The second-order valence-electron chi connectivity index (χ2n) is 4.76. The van der Waals surface area contributed by atoms with Crippen LogP contribution in [0.25, 0.3) is 0 Å². The van der Waals surface area contributed by atoms with Gasteiger partial charge in [0.25, 0.3) is 0 Å². The highest BCUT2D eigenvalue weighted by Gasteiger charge is 2.14. The molecule has 0 aromatic heterocycles. The minimum absolute atomic E-state index is 0.0230. The third-order valence-electron chi connectivity index (χ3n) is 3.03. The number of para-hydroxylation sites is 1. The molecule has 0 amide bonds. The highest BCUT2D eigenvalue weighted by molar-refractivity contribution is 6.42. The van der Waals surface area contributed by atoms with Crippen LogP contribution in [0.5, 0.6) is 0 Å². The molecule has 0 aliphatic heterocycles. The molecule has 0 saturated carbocycles. The maximum atomic E-state index is 11.0. The first-order chi connectivity index (χ1) is 10.0. The minimum atomic E-state index is -0.844. The molecule has 3 nitrogen and oxygen atoms in total. The Hall–Kier alpha value is -1.71. The fourth-order valence-corrected chi connectivity index (χ4v) is 2.43. The molecule has 0 bridgehead atoms. The Bertz CT molecular complexity index is 617. The molecule has 0 aliphatic carbocycles. The Labute approximate surface area is 133 Å². The summed E-state index contributed by atoms with van der Waals surface area (Å²) in [7, 11) is 0. The largest absolute Gasteiger partial charge is 0.481 e. The van der Waals surface area contributed by atoms with Crippen LogP contribution in [0.3, 0.4) is 0 Å². The summed E-state index contributed by atoms with van der Waals surface area (Å²) in [5.41, 5.74) is 1.84. The predicted octanol–water partition coefficient (Wildman–Crippen LogP) is 4.49. The Kier molecular flexibility index (Phi) is 5.48. The molecule has 0 aliphatic rings. The van der Waals surface area contributed by atoms with E-state index in [-0.39, 0.29) is 12.5 Å². The van der Waals surface area contributed by atoms with E-state index in [1.165, 1.54) is 0 Å². The zero-order valence-electron chi connectivity index (χ0n) is 11.2. The van der Waals surface area contributed by atoms with E-state index in [0.29, 0.717) is 16.5 Å². The fraction of sp³-hybridized carbons (Fsp3) is 0.188. The molecule has 2 aromatic rings. The number of benzene rings is 2. The molecule has 5 heteroatoms. The molecule has 0 heterocycles. The van der Waals surface area contributed by atoms with Crippen molar-refractivity contribution < 1.29 is 9.90 Å². The van der Waals surface area contributed by atoms with Crippen molar-refractivity contribution in [3.05, 3.63) is 64.1 Å². The lowest BCUT2D eigenvalue weighted by atomic mass is 10.0. The molecule has 2 rings (SSSR count). The van der Waals surface area contributed by atoms with Crippen LogP contribution in [-0.4, -0.2) is 17.1 Å². The van der Waals surface area contributed by atoms with Gasteiger partial charge in [0, 0.05) is 11.7 Å². The van der Waals surface area contributed by atoms with Crippen molar-refractivity contribution >= 4 is 34.9 Å². The average molecular weight is 324 g/mol. The van der Waals surface area contributed by atoms with Gasteiger partial charge in [-0.1, -0.05) is 47.5 Å². The van der Waals surface area contributed by atoms with Gasteiger partial charge in [0.1, 0.15) is 0 Å². The lowest BCUT2D eigenvalue weighted by molar-refractivity contribution is -0.137. The van der Waals surface area contributed by atoms with Gasteiger partial charge in [0.05, 0.1) is 16.5 Å². The maximum absolute atomic E-state index is 11.0. The van der Waals surface area contributed by atoms with Crippen LogP contribution in [0.4, 0.5) is 5.69 Å². The monoisotopic (exact) mass is 323 g/mol. The number of carboxylic acids is 1. The Morgan fingerprint density at radius 1 is 1.10 bits per heavy atom. The van der Waals surface area contributed by atoms with Gasteiger partial charge in [-0.15, -0.1) is 0 Å². The fourth-order valence-electron chi connectivity index (χ4n) is 2.11. The normalized spacial score (nSPS) is 11.9. The van der Waals surface area contributed by atoms with E-state index in [2.05, 4.69) is 5.32 Å². The molecular weight excluding hydrogens is 309 g/mol. The van der Waals surface area contributed by atoms with Crippen LogP contribution in [0.2, 0.25) is 10.0 Å². The summed E-state index contributed by atoms with van der Waals surface area (Å²) in [6.07, 6.45) is 0.577. The molecule has 0 unspecified atom stereocenters. The predicted molar refractivity (Wildman–Crippen MR) is 86.3 cm³/mol. The summed E-state index contributed by atoms with van der Waals surface area (Å²) >= 11 is 11.9. The number of anilines is 1. The molecule has 1 atom stereocenters. The number of halogens is 2. The summed E-state index contributed by atoms with van der Waals surface area (Å²) in [5, 5.41) is 13.3. The molecule has 0 radical (unpaired) electrons. The van der Waals surface area contributed by atoms with E-state index in [0.717, 1.165) is 11.3 Å². The molecule has 2 N–H and O–H groups in total. The second-order valence-corrected chi connectivity index (χ2v) is 5.57. The first-order valence-corrected chi connectivity index (χ1v) is 7.27. The van der Waals surface area contributed by atoms with Crippen molar-refractivity contribution in [3.8, 4) is 0 Å². The standard InChI is InChI=1S/C16H15Cl2NO2/c17-14-7-6-11(9-15(14)18)8-13(10-16(20)21)19-12-4-2-1-3-5-12/h1-7,9,13,19H,8,10H2,(H,20,21)/t13-/m0/s1. The maximum Gasteiger partial charge on any atom is 0.305 e. The smallest absolute Gasteiger partial charge is 0.305 e. The first kappa shape index (κ1) is 15.7. The molecule has 0 spiro atoms. The highest BCUT2D eigenvalue weighted by Crippen LogP contribution is 2.24. The van der Waals surface area contributed by atoms with E-state index in [1.807, 2.05) is 36.4 Å². The summed E-state index contributed by atoms with van der Waals surface area (Å²) < 4.78 is 0. The van der Waals surface area contributed by atoms with Crippen molar-refractivity contribution in [1.82, 2.24) is 0 Å². The van der Waals surface area contributed by atoms with Crippen molar-refractivity contribution in [2.24, 2.45) is 0 Å². The van der Waals surface area contributed by atoms with Crippen LogP contribution in [0.15, 0.2) is 48.5 Å². The number of hydrogen-bond acceptors (Lipinski definition) is 2. The van der Waals surface area contributed by atoms with Crippen LogP contribution in [0.1, 0.15) is 12.0 Å². The van der Waals surface area contributed by atoms with Gasteiger partial charge in [-0.05, 0) is 36.2 Å². The van der Waals surface area contributed by atoms with Gasteiger partial charge < -0.3 is 10.4 Å². The number of aliphatic carboxylic acids is 1. The van der Waals surface area contributed by atoms with Gasteiger partial charge in [-0.25, -0.2) is 0 Å². The first-order valence-electron chi connectivity index (χ1n) is 6.52. The van der Waals surface area contributed by atoms with Crippen molar-refractivity contribution in [2.45, 2.75) is 18.9 Å². The number of carbonyl (C=O) groups is 1. The van der Waals surface area contributed by atoms with Gasteiger partial charge in [-0.2, -0.15) is 0 Å². The van der Waals surface area contributed by atoms with Gasteiger partial charge >= 0.3 is 5.97 Å². The Morgan fingerprint density at radius 3 is 2.43 bits per heavy atom. The van der Waals surface area contributed by atoms with Crippen molar-refractivity contribution in [3.63, 3.8) is 0 Å². The number of rotatable bonds is 6. The van der Waals surface area contributed by atoms with E-state index in [9.17, 15) is 4.79 Å². The summed E-state index contributed by atoms with van der Waals surface area (Å²) in [4.78, 5) is 11.0. The quantitative estimate of drug-likeness (QED) is 0.823. The lowest BCUT2D eigenvalue weighted by Crippen LogP contribution is -2.25. The average Bonchev–Trinajstić information content (AvgIpc) is 2.43. The molecule has 110 valence electrons. The van der Waals surface area contributed by atoms with Crippen molar-refractivity contribution in [1.29, 1.82) is 0 Å². The van der Waals surface area contributed by atoms with E-state index in [1.54, 1.807) is 12.1 Å². The molecule has 2 aromatic carbocycles. The summed E-state index contributed by atoms with van der Waals surface area (Å²) in [6, 6.07) is 14.7. The number of nitrogens with one attached hydrogen (secondary N) is 1. The number of carboxylic acid groups (broad SMARTS) is 1. The zero-order chi connectivity index (χ0) is 15.2. The highest BCUT2D eigenvalue weighted by atomic mass is 35.5. The third kappa shape index (κ3) is 4.96. The second kappa shape index (κ2) is 7.34. The van der Waals surface area contributed by atoms with E-state index in [4.69, 9.17) is 28.3 Å². The Morgan fingerprint density at radius 2 is 1.81 bits per heavy atom. The summed E-state index contributed by atoms with van der Waals surface area (Å²) in [6.45, 7) is 0. The van der Waals surface area contributed by atoms with Crippen LogP contribution in [-0.2, 0) is 11.2 Å². The molecule has 0 saturated heterocycles. The van der Waals surface area contributed by atoms with Gasteiger partial charge in [0.15, 0.2) is 0 Å².